The zero-order valence-corrected chi connectivity index (χ0v) is 14.9. The van der Waals surface area contributed by atoms with Crippen LogP contribution >= 0.6 is 0 Å². The summed E-state index contributed by atoms with van der Waals surface area (Å²) in [6, 6.07) is 14.5. The third kappa shape index (κ3) is 4.77. The van der Waals surface area contributed by atoms with E-state index in [-0.39, 0.29) is 25.6 Å². The summed E-state index contributed by atoms with van der Waals surface area (Å²) >= 11 is 0. The number of rotatable bonds is 6. The number of carbonyl (C=O) groups is 2. The highest BCUT2D eigenvalue weighted by Gasteiger charge is 2.33. The number of amides is 1. The van der Waals surface area contributed by atoms with Gasteiger partial charge in [0, 0.05) is 24.3 Å². The Morgan fingerprint density at radius 3 is 2.70 bits per heavy atom. The van der Waals surface area contributed by atoms with Gasteiger partial charge >= 0.3 is 12.1 Å². The number of carboxylic acid groups (broad SMARTS) is 1. The summed E-state index contributed by atoms with van der Waals surface area (Å²) in [7, 11) is 1.53. The Kier molecular flexibility index (Phi) is 5.93. The molecule has 0 bridgehead atoms. The molecule has 1 heterocycles. The number of aliphatic carboxylic acids is 1. The lowest BCUT2D eigenvalue weighted by atomic mass is 9.90. The molecule has 7 nitrogen and oxygen atoms in total. The second kappa shape index (κ2) is 8.55. The summed E-state index contributed by atoms with van der Waals surface area (Å²) in [5.74, 6) is -0.597. The highest BCUT2D eigenvalue weighted by atomic mass is 16.5. The first-order valence-electron chi connectivity index (χ1n) is 8.56. The first-order chi connectivity index (χ1) is 13.1. The summed E-state index contributed by atoms with van der Waals surface area (Å²) in [6.07, 6.45) is -1.06. The lowest BCUT2D eigenvalue weighted by Gasteiger charge is -2.32. The molecule has 1 aliphatic rings. The Labute approximate surface area is 156 Å². The van der Waals surface area contributed by atoms with Gasteiger partial charge in [0.2, 0.25) is 0 Å². The molecule has 1 aliphatic heterocycles. The van der Waals surface area contributed by atoms with E-state index in [4.69, 9.17) is 19.3 Å². The molecule has 1 amide bonds. The number of benzene rings is 2. The maximum absolute atomic E-state index is 12.0. The molecule has 0 aromatic heterocycles. The molecular weight excluding hydrogens is 350 g/mol. The molecule has 2 atom stereocenters. The monoisotopic (exact) mass is 371 g/mol. The fraction of sp³-hybridized carbons (Fsp3) is 0.300. The molecule has 2 unspecified atom stereocenters. The van der Waals surface area contributed by atoms with Gasteiger partial charge in [0.05, 0.1) is 19.1 Å². The van der Waals surface area contributed by atoms with Crippen molar-refractivity contribution in [1.82, 2.24) is 0 Å². The summed E-state index contributed by atoms with van der Waals surface area (Å²) in [6.45, 7) is 0.436. The van der Waals surface area contributed by atoms with E-state index in [2.05, 4.69) is 5.32 Å². The number of hydrogen-bond acceptors (Lipinski definition) is 5. The van der Waals surface area contributed by atoms with Gasteiger partial charge in [-0.1, -0.05) is 30.3 Å². The molecule has 142 valence electrons. The Morgan fingerprint density at radius 1 is 1.22 bits per heavy atom. The van der Waals surface area contributed by atoms with E-state index in [0.717, 1.165) is 5.56 Å². The minimum absolute atomic E-state index is 0.0608. The van der Waals surface area contributed by atoms with Crippen LogP contribution in [0.5, 0.6) is 5.75 Å². The van der Waals surface area contributed by atoms with Crippen molar-refractivity contribution in [2.45, 2.75) is 19.1 Å². The predicted octanol–water partition coefficient (Wildman–Crippen LogP) is 3.61. The first kappa shape index (κ1) is 18.7. The number of methoxy groups -OCH3 is 1. The number of carboxylic acids is 1. The fourth-order valence-electron chi connectivity index (χ4n) is 3.10. The van der Waals surface area contributed by atoms with Crippen molar-refractivity contribution in [3.05, 3.63) is 59.7 Å². The average Bonchev–Trinajstić information content (AvgIpc) is 2.66. The van der Waals surface area contributed by atoms with E-state index in [0.29, 0.717) is 17.0 Å². The van der Waals surface area contributed by atoms with Gasteiger partial charge in [-0.2, -0.15) is 0 Å². The summed E-state index contributed by atoms with van der Waals surface area (Å²) in [5, 5.41) is 11.7. The molecule has 7 heteroatoms. The zero-order valence-electron chi connectivity index (χ0n) is 14.9. The maximum atomic E-state index is 12.0. The van der Waals surface area contributed by atoms with E-state index in [1.807, 2.05) is 30.3 Å². The Morgan fingerprint density at radius 2 is 2.00 bits per heavy atom. The van der Waals surface area contributed by atoms with Crippen molar-refractivity contribution in [2.24, 2.45) is 5.92 Å². The Hall–Kier alpha value is -3.06. The molecule has 0 saturated heterocycles. The molecule has 27 heavy (non-hydrogen) atoms. The third-order valence-corrected chi connectivity index (χ3v) is 4.35. The topological polar surface area (TPSA) is 94.1 Å². The molecule has 3 rings (SSSR count). The second-order valence-corrected chi connectivity index (χ2v) is 6.26. The van der Waals surface area contributed by atoms with Gasteiger partial charge in [-0.05, 0) is 23.8 Å². The zero-order chi connectivity index (χ0) is 19.2. The number of anilines is 1. The van der Waals surface area contributed by atoms with Crippen molar-refractivity contribution < 1.29 is 28.9 Å². The molecule has 0 radical (unpaired) electrons. The number of carbonyl (C=O) groups excluding carboxylic acids is 1. The van der Waals surface area contributed by atoms with Crippen LogP contribution < -0.4 is 10.1 Å². The normalized spacial score (nSPS) is 18.1. The van der Waals surface area contributed by atoms with Crippen LogP contribution in [-0.2, 0) is 20.9 Å². The maximum Gasteiger partial charge on any atom is 0.411 e. The van der Waals surface area contributed by atoms with Crippen LogP contribution in [0, 0.1) is 5.92 Å². The number of nitrogens with one attached hydrogen (secondary N) is 1. The molecule has 0 spiro atoms. The van der Waals surface area contributed by atoms with E-state index in [9.17, 15) is 9.59 Å². The molecule has 0 saturated carbocycles. The van der Waals surface area contributed by atoms with Crippen molar-refractivity contribution in [3.8, 4) is 5.75 Å². The van der Waals surface area contributed by atoms with Gasteiger partial charge < -0.3 is 19.3 Å². The van der Waals surface area contributed by atoms with Crippen LogP contribution in [0.1, 0.15) is 23.7 Å². The first-order valence-corrected chi connectivity index (χ1v) is 8.56. The highest BCUT2D eigenvalue weighted by molar-refractivity contribution is 5.85. The third-order valence-electron chi connectivity index (χ3n) is 4.35. The largest absolute Gasteiger partial charge is 0.493 e. The molecule has 2 N–H and O–H groups in total. The minimum Gasteiger partial charge on any atom is -0.493 e. The smallest absolute Gasteiger partial charge is 0.411 e. The summed E-state index contributed by atoms with van der Waals surface area (Å²) < 4.78 is 16.4. The van der Waals surface area contributed by atoms with Crippen molar-refractivity contribution >= 4 is 17.7 Å². The van der Waals surface area contributed by atoms with Crippen LogP contribution in [0.2, 0.25) is 0 Å². The fourth-order valence-corrected chi connectivity index (χ4v) is 3.10. The van der Waals surface area contributed by atoms with Crippen LogP contribution in [0.3, 0.4) is 0 Å². The van der Waals surface area contributed by atoms with E-state index in [1.165, 1.54) is 7.11 Å². The van der Waals surface area contributed by atoms with E-state index in [1.54, 1.807) is 18.2 Å². The van der Waals surface area contributed by atoms with Gasteiger partial charge in [-0.15, -0.1) is 0 Å². The number of hydrogen-bond donors (Lipinski definition) is 2. The second-order valence-electron chi connectivity index (χ2n) is 6.26. The minimum atomic E-state index is -0.909. The SMILES string of the molecule is COC1c2cc(NC(=O)OCc3ccccc3)ccc2OCC1CC(=O)O. The van der Waals surface area contributed by atoms with Crippen LogP contribution in [0.15, 0.2) is 48.5 Å². The number of fused-ring (bicyclic) bond motifs is 1. The van der Waals surface area contributed by atoms with Gasteiger partial charge in [0.25, 0.3) is 0 Å². The summed E-state index contributed by atoms with van der Waals surface area (Å²) in [5.41, 5.74) is 2.12. The van der Waals surface area contributed by atoms with Gasteiger partial charge in [-0.3, -0.25) is 10.1 Å². The van der Waals surface area contributed by atoms with Crippen molar-refractivity contribution in [1.29, 1.82) is 0 Å². The number of ether oxygens (including phenoxy) is 3. The predicted molar refractivity (Wildman–Crippen MR) is 97.7 cm³/mol. The van der Waals surface area contributed by atoms with Crippen LogP contribution in [0.25, 0.3) is 0 Å². The average molecular weight is 371 g/mol. The molecule has 0 fully saturated rings. The Balaban J connectivity index is 1.67. The van der Waals surface area contributed by atoms with Gasteiger partial charge in [0.1, 0.15) is 12.4 Å². The lowest BCUT2D eigenvalue weighted by Crippen LogP contribution is -2.29. The standard InChI is InChI=1S/C20H21NO6/c1-25-19-14(9-18(22)23)12-26-17-8-7-15(10-16(17)19)21-20(24)27-11-13-5-3-2-4-6-13/h2-8,10,14,19H,9,11-12H2,1H3,(H,21,24)(H,22,23). The van der Waals surface area contributed by atoms with Crippen molar-refractivity contribution in [3.63, 3.8) is 0 Å². The lowest BCUT2D eigenvalue weighted by molar-refractivity contribution is -0.140. The molecular formula is C20H21NO6. The van der Waals surface area contributed by atoms with Gasteiger partial charge in [-0.25, -0.2) is 4.79 Å². The molecule has 2 aromatic rings. The van der Waals surface area contributed by atoms with E-state index >= 15 is 0 Å². The van der Waals surface area contributed by atoms with Crippen LogP contribution in [0.4, 0.5) is 10.5 Å². The Bertz CT molecular complexity index is 807. The quantitative estimate of drug-likeness (QED) is 0.806. The summed E-state index contributed by atoms with van der Waals surface area (Å²) in [4.78, 5) is 23.1. The van der Waals surface area contributed by atoms with Crippen LogP contribution in [-0.4, -0.2) is 30.9 Å². The molecule has 2 aromatic carbocycles. The van der Waals surface area contributed by atoms with Gasteiger partial charge in [0.15, 0.2) is 0 Å². The highest BCUT2D eigenvalue weighted by Crippen LogP contribution is 2.40. The molecule has 0 aliphatic carbocycles. The van der Waals surface area contributed by atoms with Crippen molar-refractivity contribution in [2.75, 3.05) is 19.0 Å². The van der Waals surface area contributed by atoms with E-state index < -0.39 is 18.2 Å².